The third kappa shape index (κ3) is 3.96. The first kappa shape index (κ1) is 13.9. The molecule has 4 nitrogen and oxygen atoms in total. The summed E-state index contributed by atoms with van der Waals surface area (Å²) in [6, 6.07) is 9.91. The Balaban J connectivity index is 1.98. The maximum atomic E-state index is 12.1. The maximum Gasteiger partial charge on any atom is 0.329 e. The minimum Gasteiger partial charge on any atom is -0.491 e. The highest BCUT2D eigenvalue weighted by Crippen LogP contribution is 2.24. The van der Waals surface area contributed by atoms with Gasteiger partial charge in [0.1, 0.15) is 17.9 Å². The van der Waals surface area contributed by atoms with Crippen molar-refractivity contribution in [2.45, 2.75) is 38.3 Å². The van der Waals surface area contributed by atoms with Gasteiger partial charge in [0.2, 0.25) is 0 Å². The SMILES string of the molecule is CCOC(=O)C(C)(COc1ccccc1)NC1CC1. The molecule has 0 aliphatic heterocycles. The first-order chi connectivity index (χ1) is 9.14. The normalized spacial score (nSPS) is 17.6. The summed E-state index contributed by atoms with van der Waals surface area (Å²) in [6.07, 6.45) is 2.22. The molecule has 0 spiro atoms. The number of ether oxygens (including phenoxy) is 2. The summed E-state index contributed by atoms with van der Waals surface area (Å²) in [7, 11) is 0. The molecule has 1 fully saturated rings. The molecule has 1 aromatic rings. The van der Waals surface area contributed by atoms with Crippen molar-refractivity contribution < 1.29 is 14.3 Å². The van der Waals surface area contributed by atoms with E-state index in [0.29, 0.717) is 12.6 Å². The van der Waals surface area contributed by atoms with Gasteiger partial charge in [-0.1, -0.05) is 18.2 Å². The first-order valence-corrected chi connectivity index (χ1v) is 6.77. The molecule has 1 aliphatic carbocycles. The lowest BCUT2D eigenvalue weighted by atomic mass is 10.0. The van der Waals surface area contributed by atoms with Crippen molar-refractivity contribution in [2.24, 2.45) is 0 Å². The van der Waals surface area contributed by atoms with E-state index in [4.69, 9.17) is 9.47 Å². The van der Waals surface area contributed by atoms with Gasteiger partial charge in [-0.2, -0.15) is 0 Å². The Hall–Kier alpha value is -1.55. The predicted octanol–water partition coefficient (Wildman–Crippen LogP) is 2.14. The lowest BCUT2D eigenvalue weighted by Gasteiger charge is -2.28. The molecule has 0 heterocycles. The second-order valence-electron chi connectivity index (χ2n) is 5.07. The summed E-state index contributed by atoms with van der Waals surface area (Å²) < 4.78 is 10.8. The van der Waals surface area contributed by atoms with Gasteiger partial charge in [-0.05, 0) is 38.8 Å². The third-order valence-corrected chi connectivity index (χ3v) is 3.10. The molecule has 1 N–H and O–H groups in total. The molecule has 2 rings (SSSR count). The van der Waals surface area contributed by atoms with Crippen LogP contribution in [0, 0.1) is 0 Å². The number of nitrogens with one attached hydrogen (secondary N) is 1. The van der Waals surface area contributed by atoms with Gasteiger partial charge in [0.25, 0.3) is 0 Å². The molecule has 19 heavy (non-hydrogen) atoms. The van der Waals surface area contributed by atoms with Crippen molar-refractivity contribution in [2.75, 3.05) is 13.2 Å². The summed E-state index contributed by atoms with van der Waals surface area (Å²) in [4.78, 5) is 12.1. The summed E-state index contributed by atoms with van der Waals surface area (Å²) >= 11 is 0. The van der Waals surface area contributed by atoms with Crippen molar-refractivity contribution >= 4 is 5.97 Å². The van der Waals surface area contributed by atoms with Crippen LogP contribution in [0.5, 0.6) is 5.75 Å². The minimum absolute atomic E-state index is 0.252. The van der Waals surface area contributed by atoms with Gasteiger partial charge >= 0.3 is 5.97 Å². The molecule has 0 aromatic heterocycles. The number of para-hydroxylation sites is 1. The number of hydrogen-bond acceptors (Lipinski definition) is 4. The maximum absolute atomic E-state index is 12.1. The summed E-state index contributed by atoms with van der Waals surface area (Å²) in [6.45, 7) is 4.30. The van der Waals surface area contributed by atoms with Crippen LogP contribution in [-0.2, 0) is 9.53 Å². The molecule has 4 heteroatoms. The van der Waals surface area contributed by atoms with Gasteiger partial charge in [-0.25, -0.2) is 4.79 Å². The monoisotopic (exact) mass is 263 g/mol. The molecule has 1 unspecified atom stereocenters. The van der Waals surface area contributed by atoms with Gasteiger partial charge in [0, 0.05) is 6.04 Å². The minimum atomic E-state index is -0.785. The van der Waals surface area contributed by atoms with E-state index in [9.17, 15) is 4.79 Å². The fourth-order valence-corrected chi connectivity index (χ4v) is 1.87. The summed E-state index contributed by atoms with van der Waals surface area (Å²) in [5, 5.41) is 3.32. The second kappa shape index (κ2) is 6.06. The Morgan fingerprint density at radius 2 is 2.05 bits per heavy atom. The van der Waals surface area contributed by atoms with Crippen LogP contribution in [0.1, 0.15) is 26.7 Å². The zero-order valence-corrected chi connectivity index (χ0v) is 11.5. The largest absolute Gasteiger partial charge is 0.491 e. The Morgan fingerprint density at radius 3 is 2.63 bits per heavy atom. The van der Waals surface area contributed by atoms with Crippen molar-refractivity contribution in [1.82, 2.24) is 5.32 Å². The van der Waals surface area contributed by atoms with Crippen LogP contribution in [-0.4, -0.2) is 30.8 Å². The van der Waals surface area contributed by atoms with Crippen molar-refractivity contribution in [3.8, 4) is 5.75 Å². The highest BCUT2D eigenvalue weighted by Gasteiger charge is 2.40. The zero-order chi connectivity index (χ0) is 13.7. The van der Waals surface area contributed by atoms with Crippen molar-refractivity contribution in [1.29, 1.82) is 0 Å². The molecular formula is C15H21NO3. The highest BCUT2D eigenvalue weighted by atomic mass is 16.5. The van der Waals surface area contributed by atoms with Crippen molar-refractivity contribution in [3.63, 3.8) is 0 Å². The molecule has 0 saturated heterocycles. The molecule has 1 aromatic carbocycles. The molecule has 0 amide bonds. The van der Waals surface area contributed by atoms with E-state index in [1.54, 1.807) is 0 Å². The predicted molar refractivity (Wildman–Crippen MR) is 73.1 cm³/mol. The van der Waals surface area contributed by atoms with E-state index < -0.39 is 5.54 Å². The number of carbonyl (C=O) groups is 1. The number of benzene rings is 1. The van der Waals surface area contributed by atoms with Crippen LogP contribution in [0.25, 0.3) is 0 Å². The quantitative estimate of drug-likeness (QED) is 0.766. The Morgan fingerprint density at radius 1 is 1.37 bits per heavy atom. The Labute approximate surface area is 114 Å². The van der Waals surface area contributed by atoms with E-state index in [1.807, 2.05) is 44.2 Å². The Bertz CT molecular complexity index is 417. The lowest BCUT2D eigenvalue weighted by Crippen LogP contribution is -2.55. The van der Waals surface area contributed by atoms with Crippen LogP contribution < -0.4 is 10.1 Å². The van der Waals surface area contributed by atoms with E-state index in [1.165, 1.54) is 0 Å². The van der Waals surface area contributed by atoms with Crippen LogP contribution >= 0.6 is 0 Å². The number of hydrogen-bond donors (Lipinski definition) is 1. The molecular weight excluding hydrogens is 242 g/mol. The molecule has 1 atom stereocenters. The molecule has 1 aliphatic rings. The van der Waals surface area contributed by atoms with E-state index in [2.05, 4.69) is 5.32 Å². The standard InChI is InChI=1S/C15H21NO3/c1-3-18-14(17)15(2,16-12-9-10-12)11-19-13-7-5-4-6-8-13/h4-8,12,16H,3,9-11H2,1-2H3. The van der Waals surface area contributed by atoms with Gasteiger partial charge in [-0.15, -0.1) is 0 Å². The third-order valence-electron chi connectivity index (χ3n) is 3.10. The van der Waals surface area contributed by atoms with Crippen LogP contribution in [0.3, 0.4) is 0 Å². The van der Waals surface area contributed by atoms with E-state index in [-0.39, 0.29) is 12.6 Å². The van der Waals surface area contributed by atoms with Gasteiger partial charge in [0.15, 0.2) is 0 Å². The van der Waals surface area contributed by atoms with E-state index in [0.717, 1.165) is 18.6 Å². The topological polar surface area (TPSA) is 47.6 Å². The number of esters is 1. The second-order valence-corrected chi connectivity index (χ2v) is 5.07. The molecule has 0 bridgehead atoms. The fraction of sp³-hybridized carbons (Fsp3) is 0.533. The number of carbonyl (C=O) groups excluding carboxylic acids is 1. The molecule has 0 radical (unpaired) electrons. The first-order valence-electron chi connectivity index (χ1n) is 6.77. The highest BCUT2D eigenvalue weighted by molar-refractivity contribution is 5.80. The van der Waals surface area contributed by atoms with Crippen LogP contribution in [0.2, 0.25) is 0 Å². The fourth-order valence-electron chi connectivity index (χ4n) is 1.87. The number of rotatable bonds is 7. The zero-order valence-electron chi connectivity index (χ0n) is 11.5. The van der Waals surface area contributed by atoms with Crippen LogP contribution in [0.4, 0.5) is 0 Å². The lowest BCUT2D eigenvalue weighted by molar-refractivity contribution is -0.152. The summed E-state index contributed by atoms with van der Waals surface area (Å²) in [5.41, 5.74) is -0.785. The van der Waals surface area contributed by atoms with Gasteiger partial charge in [0.05, 0.1) is 6.61 Å². The average molecular weight is 263 g/mol. The van der Waals surface area contributed by atoms with Crippen molar-refractivity contribution in [3.05, 3.63) is 30.3 Å². The summed E-state index contributed by atoms with van der Waals surface area (Å²) in [5.74, 6) is 0.508. The molecule has 1 saturated carbocycles. The van der Waals surface area contributed by atoms with Gasteiger partial charge in [-0.3, -0.25) is 5.32 Å². The van der Waals surface area contributed by atoms with E-state index >= 15 is 0 Å². The molecule has 104 valence electrons. The Kier molecular flexibility index (Phi) is 4.43. The smallest absolute Gasteiger partial charge is 0.329 e. The average Bonchev–Trinajstić information content (AvgIpc) is 3.22. The van der Waals surface area contributed by atoms with Gasteiger partial charge < -0.3 is 9.47 Å². The van der Waals surface area contributed by atoms with Crippen LogP contribution in [0.15, 0.2) is 30.3 Å².